The van der Waals surface area contributed by atoms with Crippen LogP contribution in [0.3, 0.4) is 0 Å². The largest absolute Gasteiger partial charge is 0.460 e. The zero-order chi connectivity index (χ0) is 19.7. The third-order valence-corrected chi connectivity index (χ3v) is 5.43. The number of aliphatic hydroxyl groups excluding tert-OH is 3. The fourth-order valence-electron chi connectivity index (χ4n) is 3.28. The van der Waals surface area contributed by atoms with Gasteiger partial charge in [0, 0.05) is 24.2 Å². The van der Waals surface area contributed by atoms with E-state index >= 15 is 0 Å². The molecule has 4 N–H and O–H groups in total. The Morgan fingerprint density at radius 1 is 1.19 bits per heavy atom. The first-order chi connectivity index (χ1) is 12.8. The highest BCUT2D eigenvalue weighted by Gasteiger charge is 2.43. The van der Waals surface area contributed by atoms with Crippen LogP contribution in [0.4, 0.5) is 0 Å². The van der Waals surface area contributed by atoms with E-state index in [1.807, 2.05) is 18.3 Å². The second kappa shape index (κ2) is 8.16. The van der Waals surface area contributed by atoms with E-state index in [-0.39, 0.29) is 0 Å². The summed E-state index contributed by atoms with van der Waals surface area (Å²) in [5, 5.41) is 31.0. The monoisotopic (exact) mass is 378 g/mol. The van der Waals surface area contributed by atoms with Gasteiger partial charge in [0.1, 0.15) is 24.1 Å². The van der Waals surface area contributed by atoms with Gasteiger partial charge in [0.15, 0.2) is 0 Å². The first-order valence-corrected chi connectivity index (χ1v) is 9.45. The standard InChI is InChI=1S/C20H30N2O5/c1-11(2)22(4)9-8-13-10-21-16-14(13)6-5-7-15(16)27-20-19(25)18(24)17(23)12(3)26-20/h5-7,10-12,17-21,23-25H,8-9H2,1-4H3. The summed E-state index contributed by atoms with van der Waals surface area (Å²) in [6, 6.07) is 6.21. The van der Waals surface area contributed by atoms with Crippen molar-refractivity contribution in [3.8, 4) is 5.75 Å². The predicted octanol–water partition coefficient (Wildman–Crippen LogP) is 1.26. The third-order valence-electron chi connectivity index (χ3n) is 5.43. The zero-order valence-corrected chi connectivity index (χ0v) is 16.3. The van der Waals surface area contributed by atoms with Crippen LogP contribution in [-0.4, -0.2) is 75.5 Å². The Morgan fingerprint density at radius 3 is 2.63 bits per heavy atom. The van der Waals surface area contributed by atoms with Crippen LogP contribution in [0.15, 0.2) is 24.4 Å². The van der Waals surface area contributed by atoms with Gasteiger partial charge >= 0.3 is 0 Å². The third kappa shape index (κ3) is 4.12. The number of hydrogen-bond donors (Lipinski definition) is 4. The highest BCUT2D eigenvalue weighted by Crippen LogP contribution is 2.31. The van der Waals surface area contributed by atoms with Crippen molar-refractivity contribution < 1.29 is 24.8 Å². The molecule has 1 aromatic carbocycles. The lowest BCUT2D eigenvalue weighted by Gasteiger charge is -2.38. The maximum Gasteiger partial charge on any atom is 0.229 e. The SMILES string of the molecule is CC1OC(Oc2cccc3c(CCN(C)C(C)C)c[nH]c23)C(O)C(O)C1O. The maximum absolute atomic E-state index is 10.2. The number of ether oxygens (including phenoxy) is 2. The molecule has 1 aromatic heterocycles. The van der Waals surface area contributed by atoms with E-state index in [2.05, 4.69) is 30.8 Å². The number of aromatic nitrogens is 1. The maximum atomic E-state index is 10.2. The van der Waals surface area contributed by atoms with Crippen LogP contribution in [0, 0.1) is 0 Å². The molecule has 3 rings (SSSR count). The molecule has 150 valence electrons. The quantitative estimate of drug-likeness (QED) is 0.604. The lowest BCUT2D eigenvalue weighted by atomic mass is 10.00. The van der Waals surface area contributed by atoms with Crippen molar-refractivity contribution >= 4 is 10.9 Å². The van der Waals surface area contributed by atoms with Crippen molar-refractivity contribution in [3.63, 3.8) is 0 Å². The number of aliphatic hydroxyl groups is 3. The molecule has 7 heteroatoms. The zero-order valence-electron chi connectivity index (χ0n) is 16.3. The number of aromatic amines is 1. The minimum absolute atomic E-state index is 0.489. The fourth-order valence-corrected chi connectivity index (χ4v) is 3.28. The molecule has 5 atom stereocenters. The van der Waals surface area contributed by atoms with Gasteiger partial charge in [-0.2, -0.15) is 0 Å². The molecule has 7 nitrogen and oxygen atoms in total. The van der Waals surface area contributed by atoms with E-state index in [1.165, 1.54) is 5.56 Å². The van der Waals surface area contributed by atoms with Gasteiger partial charge in [0.2, 0.25) is 6.29 Å². The average molecular weight is 378 g/mol. The molecule has 1 fully saturated rings. The Bertz CT molecular complexity index is 762. The number of para-hydroxylation sites is 1. The molecule has 0 saturated carbocycles. The van der Waals surface area contributed by atoms with Crippen LogP contribution >= 0.6 is 0 Å². The number of likely N-dealkylation sites (N-methyl/N-ethyl adjacent to an activating group) is 1. The Kier molecular flexibility index (Phi) is 6.08. The summed E-state index contributed by atoms with van der Waals surface area (Å²) in [6.45, 7) is 6.92. The molecule has 0 amide bonds. The van der Waals surface area contributed by atoms with Crippen LogP contribution in [0.2, 0.25) is 0 Å². The molecular weight excluding hydrogens is 348 g/mol. The van der Waals surface area contributed by atoms with E-state index in [0.29, 0.717) is 11.8 Å². The van der Waals surface area contributed by atoms with E-state index in [1.54, 1.807) is 13.0 Å². The topological polar surface area (TPSA) is 98.2 Å². The van der Waals surface area contributed by atoms with Gasteiger partial charge in [0.25, 0.3) is 0 Å². The molecule has 0 bridgehead atoms. The summed E-state index contributed by atoms with van der Waals surface area (Å²) in [4.78, 5) is 5.54. The summed E-state index contributed by atoms with van der Waals surface area (Å²) < 4.78 is 11.4. The number of nitrogens with one attached hydrogen (secondary N) is 1. The van der Waals surface area contributed by atoms with Crippen LogP contribution in [0.5, 0.6) is 5.75 Å². The van der Waals surface area contributed by atoms with E-state index < -0.39 is 30.7 Å². The van der Waals surface area contributed by atoms with Gasteiger partial charge in [-0.3, -0.25) is 0 Å². The van der Waals surface area contributed by atoms with Crippen molar-refractivity contribution in [1.82, 2.24) is 9.88 Å². The van der Waals surface area contributed by atoms with E-state index in [0.717, 1.165) is 23.9 Å². The Labute approximate surface area is 159 Å². The molecular formula is C20H30N2O5. The molecule has 1 saturated heterocycles. The number of benzene rings is 1. The lowest BCUT2D eigenvalue weighted by molar-refractivity contribution is -0.267. The van der Waals surface area contributed by atoms with Gasteiger partial charge in [-0.05, 0) is 45.9 Å². The number of nitrogens with zero attached hydrogens (tertiary/aromatic N) is 1. The number of H-pyrrole nitrogens is 1. The van der Waals surface area contributed by atoms with Crippen molar-refractivity contribution in [2.24, 2.45) is 0 Å². The van der Waals surface area contributed by atoms with Gasteiger partial charge < -0.3 is 34.7 Å². The molecule has 1 aliphatic heterocycles. The molecule has 1 aliphatic rings. The predicted molar refractivity (Wildman–Crippen MR) is 103 cm³/mol. The van der Waals surface area contributed by atoms with Gasteiger partial charge in [-0.15, -0.1) is 0 Å². The van der Waals surface area contributed by atoms with Crippen LogP contribution in [0.25, 0.3) is 10.9 Å². The summed E-state index contributed by atoms with van der Waals surface area (Å²) in [7, 11) is 2.11. The normalized spacial score (nSPS) is 29.0. The summed E-state index contributed by atoms with van der Waals surface area (Å²) in [5.41, 5.74) is 2.01. The summed E-state index contributed by atoms with van der Waals surface area (Å²) in [5.74, 6) is 0.538. The van der Waals surface area contributed by atoms with Crippen molar-refractivity contribution in [1.29, 1.82) is 0 Å². The lowest BCUT2D eigenvalue weighted by Crippen LogP contribution is -2.58. The number of hydrogen-bond acceptors (Lipinski definition) is 6. The molecule has 0 spiro atoms. The van der Waals surface area contributed by atoms with Crippen molar-refractivity contribution in [2.75, 3.05) is 13.6 Å². The molecule has 0 aliphatic carbocycles. The van der Waals surface area contributed by atoms with E-state index in [9.17, 15) is 15.3 Å². The molecule has 27 heavy (non-hydrogen) atoms. The Hall–Kier alpha value is -1.64. The average Bonchev–Trinajstić information content (AvgIpc) is 3.06. The van der Waals surface area contributed by atoms with E-state index in [4.69, 9.17) is 9.47 Å². The second-order valence-electron chi connectivity index (χ2n) is 7.62. The number of rotatable bonds is 6. The first kappa shape index (κ1) is 20.1. The van der Waals surface area contributed by atoms with Gasteiger partial charge in [0.05, 0.1) is 11.6 Å². The molecule has 5 unspecified atom stereocenters. The molecule has 2 aromatic rings. The fraction of sp³-hybridized carbons (Fsp3) is 0.600. The molecule has 2 heterocycles. The highest BCUT2D eigenvalue weighted by molar-refractivity contribution is 5.88. The van der Waals surface area contributed by atoms with Crippen molar-refractivity contribution in [3.05, 3.63) is 30.0 Å². The number of fused-ring (bicyclic) bond motifs is 1. The Morgan fingerprint density at radius 2 is 1.93 bits per heavy atom. The van der Waals surface area contributed by atoms with Gasteiger partial charge in [-0.1, -0.05) is 12.1 Å². The second-order valence-corrected chi connectivity index (χ2v) is 7.62. The highest BCUT2D eigenvalue weighted by atomic mass is 16.7. The van der Waals surface area contributed by atoms with Crippen LogP contribution < -0.4 is 4.74 Å². The van der Waals surface area contributed by atoms with Crippen molar-refractivity contribution in [2.45, 2.75) is 63.9 Å². The summed E-state index contributed by atoms with van der Waals surface area (Å²) >= 11 is 0. The summed E-state index contributed by atoms with van der Waals surface area (Å²) in [6.07, 6.45) is -2.61. The minimum atomic E-state index is -1.33. The van der Waals surface area contributed by atoms with Crippen LogP contribution in [-0.2, 0) is 11.2 Å². The minimum Gasteiger partial charge on any atom is -0.460 e. The molecule has 0 radical (unpaired) electrons. The van der Waals surface area contributed by atoms with Gasteiger partial charge in [-0.25, -0.2) is 0 Å². The smallest absolute Gasteiger partial charge is 0.229 e. The Balaban J connectivity index is 1.78. The van der Waals surface area contributed by atoms with Crippen LogP contribution in [0.1, 0.15) is 26.3 Å². The first-order valence-electron chi connectivity index (χ1n) is 9.45.